The topological polar surface area (TPSA) is 94.1 Å². The van der Waals surface area contributed by atoms with E-state index < -0.39 is 6.10 Å². The number of fused-ring (bicyclic) bond motifs is 2. The van der Waals surface area contributed by atoms with E-state index >= 15 is 0 Å². The number of aliphatic hydroxyl groups excluding tert-OH is 1. The number of anilines is 1. The number of aromatic amines is 1. The van der Waals surface area contributed by atoms with Gasteiger partial charge in [0.05, 0.1) is 18.3 Å². The lowest BCUT2D eigenvalue weighted by atomic mass is 9.77. The molecule has 3 N–H and O–H groups in total. The number of likely N-dealkylation sites (tertiary alicyclic amines) is 1. The lowest BCUT2D eigenvalue weighted by Crippen LogP contribution is -2.43. The van der Waals surface area contributed by atoms with Gasteiger partial charge < -0.3 is 20.3 Å². The molecule has 162 valence electrons. The molecular formula is C24H29N5O2. The molecule has 2 aromatic heterocycles. The maximum atomic E-state index is 12.9. The maximum Gasteiger partial charge on any atom is 0.222 e. The molecule has 3 heterocycles. The maximum absolute atomic E-state index is 12.9. The van der Waals surface area contributed by atoms with Crippen LogP contribution in [0.2, 0.25) is 0 Å². The van der Waals surface area contributed by atoms with Gasteiger partial charge in [-0.05, 0) is 49.1 Å². The Bertz CT molecular complexity index is 1040. The zero-order valence-corrected chi connectivity index (χ0v) is 17.6. The summed E-state index contributed by atoms with van der Waals surface area (Å²) in [6, 6.07) is 8.25. The van der Waals surface area contributed by atoms with Crippen LogP contribution in [-0.2, 0) is 11.2 Å². The second kappa shape index (κ2) is 8.67. The van der Waals surface area contributed by atoms with Crippen LogP contribution in [0, 0.1) is 11.8 Å². The summed E-state index contributed by atoms with van der Waals surface area (Å²) in [5, 5.41) is 15.2. The highest BCUT2D eigenvalue weighted by atomic mass is 16.3. The van der Waals surface area contributed by atoms with Crippen molar-refractivity contribution in [2.45, 2.75) is 44.2 Å². The van der Waals surface area contributed by atoms with Gasteiger partial charge in [0.25, 0.3) is 0 Å². The number of aromatic nitrogens is 3. The minimum absolute atomic E-state index is 0.0464. The van der Waals surface area contributed by atoms with Crippen molar-refractivity contribution >= 4 is 22.6 Å². The molecule has 3 aromatic rings. The van der Waals surface area contributed by atoms with Crippen molar-refractivity contribution in [3.05, 3.63) is 54.6 Å². The zero-order valence-electron chi connectivity index (χ0n) is 17.6. The smallest absolute Gasteiger partial charge is 0.222 e. The third kappa shape index (κ3) is 4.28. The molecular weight excluding hydrogens is 390 g/mol. The van der Waals surface area contributed by atoms with E-state index in [1.807, 2.05) is 11.0 Å². The van der Waals surface area contributed by atoms with Gasteiger partial charge in [-0.3, -0.25) is 9.78 Å². The second-order valence-corrected chi connectivity index (χ2v) is 8.91. The predicted molar refractivity (Wildman–Crippen MR) is 119 cm³/mol. The van der Waals surface area contributed by atoms with Crippen LogP contribution < -0.4 is 5.32 Å². The third-order valence-electron chi connectivity index (χ3n) is 6.90. The Morgan fingerprint density at radius 2 is 2.03 bits per heavy atom. The van der Waals surface area contributed by atoms with Crippen molar-refractivity contribution in [3.8, 4) is 0 Å². The standard InChI is InChI=1S/C24H29N5O2/c30-22-11-18-15-29(14-17(18)10-21(22)28-23-13-25-8-9-26-23)24(31)7-3-4-16-12-27-20-6-2-1-5-19(16)20/h1-2,5-6,8-9,12-13,17-18,21-22,27,30H,3-4,7,10-11,14-15H2,(H,26,28)/t17-,18+,21-,22-/m1/s1. The molecule has 0 bridgehead atoms. The minimum Gasteiger partial charge on any atom is -0.391 e. The molecule has 1 saturated heterocycles. The largest absolute Gasteiger partial charge is 0.391 e. The van der Waals surface area contributed by atoms with Crippen LogP contribution in [0.5, 0.6) is 0 Å². The summed E-state index contributed by atoms with van der Waals surface area (Å²) < 4.78 is 0. The molecule has 2 fully saturated rings. The Labute approximate surface area is 181 Å². The van der Waals surface area contributed by atoms with E-state index in [1.165, 1.54) is 10.9 Å². The number of hydrogen-bond acceptors (Lipinski definition) is 5. The summed E-state index contributed by atoms with van der Waals surface area (Å²) in [5.41, 5.74) is 2.43. The number of aliphatic hydroxyl groups is 1. The number of carbonyl (C=O) groups is 1. The highest BCUT2D eigenvalue weighted by Gasteiger charge is 2.42. The number of para-hydroxylation sites is 1. The van der Waals surface area contributed by atoms with E-state index in [9.17, 15) is 9.90 Å². The first kappa shape index (κ1) is 20.0. The molecule has 7 nitrogen and oxygen atoms in total. The van der Waals surface area contributed by atoms with E-state index in [4.69, 9.17) is 0 Å². The molecule has 31 heavy (non-hydrogen) atoms. The second-order valence-electron chi connectivity index (χ2n) is 8.91. The number of benzene rings is 1. The fourth-order valence-electron chi connectivity index (χ4n) is 5.28. The predicted octanol–water partition coefficient (Wildman–Crippen LogP) is 2.99. The molecule has 2 aliphatic rings. The Morgan fingerprint density at radius 1 is 1.19 bits per heavy atom. The molecule has 0 spiro atoms. The SMILES string of the molecule is O=C(CCCc1c[nH]c2ccccc12)N1C[C@H]2C[C@@H](Nc3cnccn3)[C@H](O)C[C@H]2C1. The summed E-state index contributed by atoms with van der Waals surface area (Å²) in [6.07, 6.45) is 10.5. The number of aryl methyl sites for hydroxylation is 1. The lowest BCUT2D eigenvalue weighted by Gasteiger charge is -2.35. The molecule has 1 saturated carbocycles. The molecule has 5 rings (SSSR count). The summed E-state index contributed by atoms with van der Waals surface area (Å²) in [5.74, 6) is 1.73. The number of H-pyrrole nitrogens is 1. The van der Waals surface area contributed by atoms with Crippen LogP contribution in [0.3, 0.4) is 0 Å². The summed E-state index contributed by atoms with van der Waals surface area (Å²) >= 11 is 0. The van der Waals surface area contributed by atoms with Crippen molar-refractivity contribution in [1.29, 1.82) is 0 Å². The highest BCUT2D eigenvalue weighted by Crippen LogP contribution is 2.37. The van der Waals surface area contributed by atoms with Crippen LogP contribution >= 0.6 is 0 Å². The van der Waals surface area contributed by atoms with Crippen molar-refractivity contribution < 1.29 is 9.90 Å². The minimum atomic E-state index is -0.430. The van der Waals surface area contributed by atoms with Gasteiger partial charge in [0, 0.05) is 49.0 Å². The van der Waals surface area contributed by atoms with Crippen LogP contribution in [0.15, 0.2) is 49.1 Å². The fourth-order valence-corrected chi connectivity index (χ4v) is 5.28. The number of carbonyl (C=O) groups excluding carboxylic acids is 1. The Hall–Kier alpha value is -2.93. The summed E-state index contributed by atoms with van der Waals surface area (Å²) in [4.78, 5) is 26.5. The van der Waals surface area contributed by atoms with Gasteiger partial charge in [0.2, 0.25) is 5.91 Å². The quantitative estimate of drug-likeness (QED) is 0.571. The number of nitrogens with one attached hydrogen (secondary N) is 2. The van der Waals surface area contributed by atoms with E-state index in [2.05, 4.69) is 44.7 Å². The monoisotopic (exact) mass is 419 g/mol. The molecule has 7 heteroatoms. The summed E-state index contributed by atoms with van der Waals surface area (Å²) in [7, 11) is 0. The van der Waals surface area contributed by atoms with Gasteiger partial charge in [0.15, 0.2) is 0 Å². The normalized spacial score (nSPS) is 25.5. The van der Waals surface area contributed by atoms with Crippen LogP contribution in [0.25, 0.3) is 10.9 Å². The van der Waals surface area contributed by atoms with E-state index in [0.717, 1.165) is 44.3 Å². The Kier molecular flexibility index (Phi) is 5.59. The number of nitrogens with zero attached hydrogens (tertiary/aromatic N) is 3. The average molecular weight is 420 g/mol. The van der Waals surface area contributed by atoms with Crippen molar-refractivity contribution in [2.75, 3.05) is 18.4 Å². The fraction of sp³-hybridized carbons (Fsp3) is 0.458. The first-order valence-electron chi connectivity index (χ1n) is 11.2. The van der Waals surface area contributed by atoms with Crippen LogP contribution in [-0.4, -0.2) is 56.1 Å². The van der Waals surface area contributed by atoms with Crippen molar-refractivity contribution in [1.82, 2.24) is 19.9 Å². The van der Waals surface area contributed by atoms with Gasteiger partial charge in [-0.15, -0.1) is 0 Å². The summed E-state index contributed by atoms with van der Waals surface area (Å²) in [6.45, 7) is 1.56. The number of rotatable bonds is 6. The average Bonchev–Trinajstić information content (AvgIpc) is 3.39. The molecule has 1 aliphatic carbocycles. The van der Waals surface area contributed by atoms with Crippen molar-refractivity contribution in [3.63, 3.8) is 0 Å². The van der Waals surface area contributed by atoms with E-state index in [-0.39, 0.29) is 11.9 Å². The first-order valence-corrected chi connectivity index (χ1v) is 11.2. The van der Waals surface area contributed by atoms with Gasteiger partial charge in [0.1, 0.15) is 5.82 Å². The Balaban J connectivity index is 1.13. The molecule has 4 atom stereocenters. The van der Waals surface area contributed by atoms with Gasteiger partial charge in [-0.25, -0.2) is 4.98 Å². The number of amides is 1. The van der Waals surface area contributed by atoms with E-state index in [1.54, 1.807) is 18.6 Å². The Morgan fingerprint density at radius 3 is 2.87 bits per heavy atom. The lowest BCUT2D eigenvalue weighted by molar-refractivity contribution is -0.130. The van der Waals surface area contributed by atoms with Crippen LogP contribution in [0.1, 0.15) is 31.2 Å². The molecule has 1 aliphatic heterocycles. The molecule has 1 amide bonds. The van der Waals surface area contributed by atoms with Crippen molar-refractivity contribution in [2.24, 2.45) is 11.8 Å². The highest BCUT2D eigenvalue weighted by molar-refractivity contribution is 5.83. The zero-order chi connectivity index (χ0) is 21.2. The van der Waals surface area contributed by atoms with Gasteiger partial charge in [-0.2, -0.15) is 0 Å². The van der Waals surface area contributed by atoms with Gasteiger partial charge >= 0.3 is 0 Å². The molecule has 0 unspecified atom stereocenters. The van der Waals surface area contributed by atoms with Gasteiger partial charge in [-0.1, -0.05) is 18.2 Å². The van der Waals surface area contributed by atoms with E-state index in [0.29, 0.717) is 24.1 Å². The molecule has 0 radical (unpaired) electrons. The third-order valence-corrected chi connectivity index (χ3v) is 6.90. The molecule has 1 aromatic carbocycles. The number of hydrogen-bond donors (Lipinski definition) is 3. The van der Waals surface area contributed by atoms with Crippen LogP contribution in [0.4, 0.5) is 5.82 Å². The first-order chi connectivity index (χ1) is 15.2.